The zero-order valence-corrected chi connectivity index (χ0v) is 10.0. The van der Waals surface area contributed by atoms with Gasteiger partial charge in [0.2, 0.25) is 5.91 Å². The lowest BCUT2D eigenvalue weighted by molar-refractivity contribution is -0.120. The van der Waals surface area contributed by atoms with Crippen LogP contribution in [0.1, 0.15) is 5.56 Å². The van der Waals surface area contributed by atoms with Crippen LogP contribution in [0.3, 0.4) is 0 Å². The Morgan fingerprint density at radius 1 is 1.44 bits per heavy atom. The molecule has 88 valence electrons. The lowest BCUT2D eigenvalue weighted by Gasteiger charge is -2.09. The summed E-state index contributed by atoms with van der Waals surface area (Å²) in [7, 11) is 1.58. The predicted molar refractivity (Wildman–Crippen MR) is 64.7 cm³/mol. The molecule has 0 saturated carbocycles. The minimum Gasteiger partial charge on any atom is -0.383 e. The molecule has 0 heterocycles. The van der Waals surface area contributed by atoms with Crippen molar-refractivity contribution in [2.75, 3.05) is 20.3 Å². The Morgan fingerprint density at radius 2 is 2.12 bits per heavy atom. The van der Waals surface area contributed by atoms with Crippen molar-refractivity contribution in [3.05, 3.63) is 35.9 Å². The molecule has 1 atom stereocenters. The maximum absolute atomic E-state index is 11.5. The highest BCUT2D eigenvalue weighted by Gasteiger charge is 2.07. The highest BCUT2D eigenvalue weighted by molar-refractivity contribution is 6.21. The Bertz CT molecular complexity index is 316. The van der Waals surface area contributed by atoms with Crippen molar-refractivity contribution in [1.82, 2.24) is 5.32 Å². The molecule has 16 heavy (non-hydrogen) atoms. The second-order valence-corrected chi connectivity index (χ2v) is 4.14. The Morgan fingerprint density at radius 3 is 2.75 bits per heavy atom. The van der Waals surface area contributed by atoms with E-state index in [1.165, 1.54) is 0 Å². The van der Waals surface area contributed by atoms with Gasteiger partial charge in [-0.05, 0) is 5.56 Å². The van der Waals surface area contributed by atoms with E-state index in [-0.39, 0.29) is 11.3 Å². The molecule has 1 amide bonds. The van der Waals surface area contributed by atoms with Gasteiger partial charge in [0.25, 0.3) is 0 Å². The molecule has 0 aromatic heterocycles. The molecule has 1 aromatic rings. The quantitative estimate of drug-likeness (QED) is 0.769. The molecule has 0 aliphatic carbocycles. The lowest BCUT2D eigenvalue weighted by atomic mass is 10.1. The van der Waals surface area contributed by atoms with Crippen molar-refractivity contribution in [1.29, 1.82) is 0 Å². The van der Waals surface area contributed by atoms with Crippen molar-refractivity contribution >= 4 is 17.5 Å². The summed E-state index contributed by atoms with van der Waals surface area (Å²) in [6, 6.07) is 9.60. The maximum atomic E-state index is 11.5. The Balaban J connectivity index is 2.26. The first-order valence-electron chi connectivity index (χ1n) is 5.16. The molecule has 0 bridgehead atoms. The minimum absolute atomic E-state index is 0.0204. The van der Waals surface area contributed by atoms with E-state index < -0.39 is 0 Å². The van der Waals surface area contributed by atoms with Crippen LogP contribution in [0.15, 0.2) is 30.3 Å². The van der Waals surface area contributed by atoms with Gasteiger partial charge in [-0.3, -0.25) is 4.79 Å². The van der Waals surface area contributed by atoms with Crippen LogP contribution < -0.4 is 5.32 Å². The van der Waals surface area contributed by atoms with Crippen LogP contribution in [-0.4, -0.2) is 31.5 Å². The van der Waals surface area contributed by atoms with Gasteiger partial charge in [-0.15, -0.1) is 11.6 Å². The summed E-state index contributed by atoms with van der Waals surface area (Å²) in [5, 5.41) is 2.59. The molecule has 0 saturated heterocycles. The summed E-state index contributed by atoms with van der Waals surface area (Å²) in [5.74, 6) is -0.0204. The summed E-state index contributed by atoms with van der Waals surface area (Å²) >= 11 is 5.89. The number of carbonyl (C=O) groups excluding carboxylic acids is 1. The second-order valence-electron chi connectivity index (χ2n) is 3.52. The molecule has 1 unspecified atom stereocenters. The highest BCUT2D eigenvalue weighted by atomic mass is 35.5. The Kier molecular flexibility index (Phi) is 5.90. The van der Waals surface area contributed by atoms with Gasteiger partial charge < -0.3 is 10.1 Å². The molecule has 0 fully saturated rings. The first kappa shape index (κ1) is 13.0. The summed E-state index contributed by atoms with van der Waals surface area (Å²) in [5.41, 5.74) is 0.998. The van der Waals surface area contributed by atoms with Crippen LogP contribution in [0.25, 0.3) is 0 Å². The second kappa shape index (κ2) is 7.25. The zero-order valence-electron chi connectivity index (χ0n) is 9.28. The van der Waals surface area contributed by atoms with E-state index >= 15 is 0 Å². The Labute approximate surface area is 101 Å². The van der Waals surface area contributed by atoms with E-state index in [4.69, 9.17) is 16.3 Å². The van der Waals surface area contributed by atoms with Gasteiger partial charge >= 0.3 is 0 Å². The van der Waals surface area contributed by atoms with Crippen LogP contribution >= 0.6 is 11.6 Å². The van der Waals surface area contributed by atoms with Crippen molar-refractivity contribution in [3.63, 3.8) is 0 Å². The van der Waals surface area contributed by atoms with Crippen LogP contribution in [0, 0.1) is 0 Å². The third-order valence-electron chi connectivity index (χ3n) is 2.08. The average molecular weight is 242 g/mol. The van der Waals surface area contributed by atoms with E-state index in [0.717, 1.165) is 5.56 Å². The molecular formula is C12H16ClNO2. The first-order valence-corrected chi connectivity index (χ1v) is 5.59. The topological polar surface area (TPSA) is 38.3 Å². The SMILES string of the molecule is COCC(Cl)CNC(=O)Cc1ccccc1. The first-order chi connectivity index (χ1) is 7.72. The smallest absolute Gasteiger partial charge is 0.224 e. The number of alkyl halides is 1. The molecule has 0 radical (unpaired) electrons. The molecule has 0 aliphatic heterocycles. The summed E-state index contributed by atoms with van der Waals surface area (Å²) in [6.45, 7) is 0.869. The van der Waals surface area contributed by atoms with Crippen molar-refractivity contribution in [3.8, 4) is 0 Å². The molecule has 4 heteroatoms. The van der Waals surface area contributed by atoms with Crippen LogP contribution in [-0.2, 0) is 16.0 Å². The van der Waals surface area contributed by atoms with E-state index in [2.05, 4.69) is 5.32 Å². The van der Waals surface area contributed by atoms with Crippen LogP contribution in [0.2, 0.25) is 0 Å². The highest BCUT2D eigenvalue weighted by Crippen LogP contribution is 2.00. The standard InChI is InChI=1S/C12H16ClNO2/c1-16-9-11(13)8-14-12(15)7-10-5-3-2-4-6-10/h2-6,11H,7-9H2,1H3,(H,14,15). The zero-order chi connectivity index (χ0) is 11.8. The number of nitrogens with one attached hydrogen (secondary N) is 1. The monoisotopic (exact) mass is 241 g/mol. The molecule has 1 aromatic carbocycles. The van der Waals surface area contributed by atoms with E-state index in [1.807, 2.05) is 30.3 Å². The molecule has 1 N–H and O–H groups in total. The van der Waals surface area contributed by atoms with Crippen molar-refractivity contribution < 1.29 is 9.53 Å². The number of ether oxygens (including phenoxy) is 1. The molecule has 3 nitrogen and oxygen atoms in total. The molecular weight excluding hydrogens is 226 g/mol. The predicted octanol–water partition coefficient (Wildman–Crippen LogP) is 1.60. The van der Waals surface area contributed by atoms with Gasteiger partial charge in [0, 0.05) is 13.7 Å². The molecule has 1 rings (SSSR count). The van der Waals surface area contributed by atoms with Gasteiger partial charge in [-0.25, -0.2) is 0 Å². The van der Waals surface area contributed by atoms with E-state index in [0.29, 0.717) is 19.6 Å². The summed E-state index contributed by atoms with van der Waals surface area (Å²) in [6.07, 6.45) is 0.386. The number of halogens is 1. The molecule has 0 spiro atoms. The van der Waals surface area contributed by atoms with Gasteiger partial charge in [-0.2, -0.15) is 0 Å². The van der Waals surface area contributed by atoms with Gasteiger partial charge in [0.1, 0.15) is 0 Å². The van der Waals surface area contributed by atoms with Crippen molar-refractivity contribution in [2.24, 2.45) is 0 Å². The van der Waals surface area contributed by atoms with Gasteiger partial charge in [0.05, 0.1) is 18.4 Å². The number of carbonyl (C=O) groups is 1. The fourth-order valence-corrected chi connectivity index (χ4v) is 1.51. The number of methoxy groups -OCH3 is 1. The maximum Gasteiger partial charge on any atom is 0.224 e. The number of rotatable bonds is 6. The average Bonchev–Trinajstić information content (AvgIpc) is 2.28. The molecule has 0 aliphatic rings. The van der Waals surface area contributed by atoms with Gasteiger partial charge in [0.15, 0.2) is 0 Å². The normalized spacial score (nSPS) is 12.1. The van der Waals surface area contributed by atoms with E-state index in [1.54, 1.807) is 7.11 Å². The van der Waals surface area contributed by atoms with Crippen molar-refractivity contribution in [2.45, 2.75) is 11.8 Å². The Hall–Kier alpha value is -1.06. The summed E-state index contributed by atoms with van der Waals surface area (Å²) in [4.78, 5) is 11.5. The number of amides is 1. The van der Waals surface area contributed by atoms with Crippen LogP contribution in [0.4, 0.5) is 0 Å². The number of benzene rings is 1. The fourth-order valence-electron chi connectivity index (χ4n) is 1.31. The largest absolute Gasteiger partial charge is 0.383 e. The van der Waals surface area contributed by atoms with E-state index in [9.17, 15) is 4.79 Å². The minimum atomic E-state index is -0.176. The van der Waals surface area contributed by atoms with Gasteiger partial charge in [-0.1, -0.05) is 30.3 Å². The number of hydrogen-bond acceptors (Lipinski definition) is 2. The third-order valence-corrected chi connectivity index (χ3v) is 2.36. The fraction of sp³-hybridized carbons (Fsp3) is 0.417. The third kappa shape index (κ3) is 5.14. The lowest BCUT2D eigenvalue weighted by Crippen LogP contribution is -2.32. The number of hydrogen-bond donors (Lipinski definition) is 1. The van der Waals surface area contributed by atoms with Crippen LogP contribution in [0.5, 0.6) is 0 Å². The summed E-state index contributed by atoms with van der Waals surface area (Å²) < 4.78 is 4.87.